The number of non-ortho nitro benzene ring substituents is 1. The molecule has 0 atom stereocenters. The number of halogens is 1. The molecule has 2 rings (SSSR count). The van der Waals surface area contributed by atoms with E-state index in [9.17, 15) is 15.2 Å². The molecule has 0 aliphatic carbocycles. The molecule has 104 valence electrons. The molecular formula is C12H15ClN2O4. The summed E-state index contributed by atoms with van der Waals surface area (Å²) >= 11 is 5.96. The van der Waals surface area contributed by atoms with Gasteiger partial charge in [0, 0.05) is 44.7 Å². The summed E-state index contributed by atoms with van der Waals surface area (Å²) in [6.45, 7) is 1.41. The zero-order valence-electron chi connectivity index (χ0n) is 10.3. The van der Waals surface area contributed by atoms with Crippen molar-refractivity contribution >= 4 is 23.0 Å². The summed E-state index contributed by atoms with van der Waals surface area (Å²) < 4.78 is 5.19. The van der Waals surface area contributed by atoms with Gasteiger partial charge in [-0.15, -0.1) is 0 Å². The molecule has 1 aliphatic heterocycles. The van der Waals surface area contributed by atoms with Gasteiger partial charge >= 0.3 is 0 Å². The second-order valence-electron chi connectivity index (χ2n) is 4.61. The van der Waals surface area contributed by atoms with Crippen LogP contribution in [-0.4, -0.2) is 35.4 Å². The molecule has 1 aromatic carbocycles. The topological polar surface area (TPSA) is 84.6 Å². The quantitative estimate of drug-likeness (QED) is 0.655. The lowest BCUT2D eigenvalue weighted by atomic mass is 9.94. The maximum Gasteiger partial charge on any atom is 0.271 e. The van der Waals surface area contributed by atoms with Crippen LogP contribution in [0.3, 0.4) is 0 Å². The third-order valence-corrected chi connectivity index (χ3v) is 3.51. The monoisotopic (exact) mass is 286 g/mol. The minimum Gasteiger partial charge on any atom is -0.388 e. The number of ether oxygens (including phenoxy) is 1. The van der Waals surface area contributed by atoms with E-state index in [0.717, 1.165) is 0 Å². The van der Waals surface area contributed by atoms with Gasteiger partial charge in [-0.3, -0.25) is 10.1 Å². The van der Waals surface area contributed by atoms with Crippen LogP contribution >= 0.6 is 11.6 Å². The van der Waals surface area contributed by atoms with Gasteiger partial charge in [-0.05, 0) is 6.07 Å². The van der Waals surface area contributed by atoms with E-state index in [1.807, 2.05) is 0 Å². The Morgan fingerprint density at radius 2 is 2.16 bits per heavy atom. The Kier molecular flexibility index (Phi) is 4.24. The molecule has 1 heterocycles. The van der Waals surface area contributed by atoms with E-state index in [-0.39, 0.29) is 10.7 Å². The molecule has 0 amide bonds. The number of nitro benzene ring substituents is 1. The lowest BCUT2D eigenvalue weighted by Gasteiger charge is -2.32. The molecular weight excluding hydrogens is 272 g/mol. The van der Waals surface area contributed by atoms with Gasteiger partial charge in [0.25, 0.3) is 5.69 Å². The minimum absolute atomic E-state index is 0.0553. The number of benzene rings is 1. The highest BCUT2D eigenvalue weighted by atomic mass is 35.5. The minimum atomic E-state index is -0.816. The number of nitro groups is 1. The average Bonchev–Trinajstić information content (AvgIpc) is 2.38. The van der Waals surface area contributed by atoms with Crippen molar-refractivity contribution in [1.29, 1.82) is 0 Å². The number of nitrogens with one attached hydrogen (secondary N) is 1. The van der Waals surface area contributed by atoms with Crippen molar-refractivity contribution in [3.63, 3.8) is 0 Å². The van der Waals surface area contributed by atoms with Crippen LogP contribution < -0.4 is 5.32 Å². The number of aliphatic hydroxyl groups is 1. The zero-order valence-corrected chi connectivity index (χ0v) is 11.0. The summed E-state index contributed by atoms with van der Waals surface area (Å²) in [4.78, 5) is 10.1. The summed E-state index contributed by atoms with van der Waals surface area (Å²) in [5.41, 5.74) is -0.295. The number of nitrogens with zero attached hydrogens (tertiary/aromatic N) is 1. The summed E-state index contributed by atoms with van der Waals surface area (Å²) in [5.74, 6) is 0. The summed E-state index contributed by atoms with van der Waals surface area (Å²) in [7, 11) is 0. The Morgan fingerprint density at radius 3 is 2.74 bits per heavy atom. The Bertz CT molecular complexity index is 475. The van der Waals surface area contributed by atoms with Gasteiger partial charge in [0.05, 0.1) is 21.2 Å². The molecule has 0 aromatic heterocycles. The van der Waals surface area contributed by atoms with Crippen LogP contribution in [-0.2, 0) is 4.74 Å². The predicted molar refractivity (Wildman–Crippen MR) is 71.6 cm³/mol. The van der Waals surface area contributed by atoms with E-state index in [4.69, 9.17) is 16.3 Å². The highest BCUT2D eigenvalue weighted by Gasteiger charge is 2.29. The second kappa shape index (κ2) is 5.73. The lowest BCUT2D eigenvalue weighted by Crippen LogP contribution is -2.42. The van der Waals surface area contributed by atoms with Crippen molar-refractivity contribution < 1.29 is 14.8 Å². The van der Waals surface area contributed by atoms with E-state index in [1.54, 1.807) is 6.07 Å². The first-order valence-electron chi connectivity index (χ1n) is 5.98. The third-order valence-electron chi connectivity index (χ3n) is 3.19. The average molecular weight is 287 g/mol. The van der Waals surface area contributed by atoms with Gasteiger partial charge < -0.3 is 15.2 Å². The number of anilines is 1. The maximum absolute atomic E-state index is 10.6. The number of rotatable bonds is 4. The molecule has 0 radical (unpaired) electrons. The number of hydrogen-bond acceptors (Lipinski definition) is 5. The van der Waals surface area contributed by atoms with Crippen LogP contribution in [0.15, 0.2) is 18.2 Å². The molecule has 1 aromatic rings. The fourth-order valence-electron chi connectivity index (χ4n) is 1.95. The van der Waals surface area contributed by atoms with E-state index in [0.29, 0.717) is 38.3 Å². The fraction of sp³-hybridized carbons (Fsp3) is 0.500. The predicted octanol–water partition coefficient (Wildman–Crippen LogP) is 2.20. The van der Waals surface area contributed by atoms with Crippen molar-refractivity contribution in [2.75, 3.05) is 25.1 Å². The van der Waals surface area contributed by atoms with Crippen LogP contribution in [0, 0.1) is 10.1 Å². The molecule has 1 aliphatic rings. The molecule has 0 spiro atoms. The maximum atomic E-state index is 10.6. The molecule has 0 bridgehead atoms. The van der Waals surface area contributed by atoms with Gasteiger partial charge in [0.15, 0.2) is 0 Å². The first-order chi connectivity index (χ1) is 9.00. The third kappa shape index (κ3) is 3.56. The van der Waals surface area contributed by atoms with Crippen molar-refractivity contribution in [2.45, 2.75) is 18.4 Å². The summed E-state index contributed by atoms with van der Waals surface area (Å²) in [6, 6.07) is 4.21. The van der Waals surface area contributed by atoms with Crippen molar-refractivity contribution in [2.24, 2.45) is 0 Å². The van der Waals surface area contributed by atoms with Crippen LogP contribution in [0.4, 0.5) is 11.4 Å². The molecule has 0 saturated carbocycles. The van der Waals surface area contributed by atoms with Crippen molar-refractivity contribution in [3.8, 4) is 0 Å². The van der Waals surface area contributed by atoms with Crippen LogP contribution in [0.5, 0.6) is 0 Å². The molecule has 2 N–H and O–H groups in total. The Hall–Kier alpha value is -1.37. The van der Waals surface area contributed by atoms with Crippen LogP contribution in [0.25, 0.3) is 0 Å². The second-order valence-corrected chi connectivity index (χ2v) is 5.02. The highest BCUT2D eigenvalue weighted by molar-refractivity contribution is 6.33. The first kappa shape index (κ1) is 14.0. The molecule has 7 heteroatoms. The zero-order chi connectivity index (χ0) is 13.9. The molecule has 19 heavy (non-hydrogen) atoms. The van der Waals surface area contributed by atoms with Gasteiger partial charge in [0.1, 0.15) is 0 Å². The van der Waals surface area contributed by atoms with E-state index in [2.05, 4.69) is 5.32 Å². The SMILES string of the molecule is O=[N+]([O-])c1ccc(NCC2(O)CCOCC2)c(Cl)c1. The van der Waals surface area contributed by atoms with Gasteiger partial charge in [-0.1, -0.05) is 11.6 Å². The standard InChI is InChI=1S/C12H15ClN2O4/c13-10-7-9(15(17)18)1-2-11(10)14-8-12(16)3-5-19-6-4-12/h1-2,7,14,16H,3-6,8H2. The molecule has 6 nitrogen and oxygen atoms in total. The lowest BCUT2D eigenvalue weighted by molar-refractivity contribution is -0.384. The van der Waals surface area contributed by atoms with Crippen molar-refractivity contribution in [1.82, 2.24) is 0 Å². The fourth-order valence-corrected chi connectivity index (χ4v) is 2.19. The van der Waals surface area contributed by atoms with Crippen molar-refractivity contribution in [3.05, 3.63) is 33.3 Å². The van der Waals surface area contributed by atoms with E-state index < -0.39 is 10.5 Å². The number of hydrogen-bond donors (Lipinski definition) is 2. The Balaban J connectivity index is 2.01. The Morgan fingerprint density at radius 1 is 1.47 bits per heavy atom. The molecule has 1 saturated heterocycles. The normalized spacial score (nSPS) is 18.0. The van der Waals surface area contributed by atoms with Gasteiger partial charge in [-0.25, -0.2) is 0 Å². The largest absolute Gasteiger partial charge is 0.388 e. The van der Waals surface area contributed by atoms with Crippen LogP contribution in [0.1, 0.15) is 12.8 Å². The highest BCUT2D eigenvalue weighted by Crippen LogP contribution is 2.28. The summed E-state index contributed by atoms with van der Waals surface area (Å²) in [5, 5.41) is 24.2. The van der Waals surface area contributed by atoms with E-state index in [1.165, 1.54) is 12.1 Å². The van der Waals surface area contributed by atoms with E-state index >= 15 is 0 Å². The van der Waals surface area contributed by atoms with Gasteiger partial charge in [0.2, 0.25) is 0 Å². The van der Waals surface area contributed by atoms with Crippen LogP contribution in [0.2, 0.25) is 5.02 Å². The smallest absolute Gasteiger partial charge is 0.271 e. The molecule has 1 fully saturated rings. The molecule has 0 unspecified atom stereocenters. The summed E-state index contributed by atoms with van der Waals surface area (Å²) in [6.07, 6.45) is 1.12. The Labute approximate surface area is 115 Å². The van der Waals surface area contributed by atoms with Gasteiger partial charge in [-0.2, -0.15) is 0 Å². The first-order valence-corrected chi connectivity index (χ1v) is 6.36.